The first-order valence-electron chi connectivity index (χ1n) is 10.2. The summed E-state index contributed by atoms with van der Waals surface area (Å²) in [5.41, 5.74) is 1.83. The van der Waals surface area contributed by atoms with Crippen LogP contribution in [0.4, 0.5) is 10.1 Å². The highest BCUT2D eigenvalue weighted by Crippen LogP contribution is 2.35. The number of amides is 1. The molecule has 9 heteroatoms. The predicted molar refractivity (Wildman–Crippen MR) is 136 cm³/mol. The monoisotopic (exact) mass is 586 g/mol. The Labute approximate surface area is 215 Å². The molecular weight excluding hydrogens is 566 g/mol. The van der Waals surface area contributed by atoms with Crippen LogP contribution in [0.25, 0.3) is 6.08 Å². The van der Waals surface area contributed by atoms with Crippen LogP contribution in [0.15, 0.2) is 66.2 Å². The van der Waals surface area contributed by atoms with Gasteiger partial charge in [0, 0.05) is 5.69 Å². The van der Waals surface area contributed by atoms with E-state index in [1.54, 1.807) is 24.3 Å². The van der Waals surface area contributed by atoms with Gasteiger partial charge in [-0.15, -0.1) is 0 Å². The third-order valence-electron chi connectivity index (χ3n) is 4.76. The number of methoxy groups -OCH3 is 2. The van der Waals surface area contributed by atoms with E-state index in [2.05, 4.69) is 32.6 Å². The zero-order chi connectivity index (χ0) is 25.4. The number of hydrogen-bond donors (Lipinski definition) is 1. The van der Waals surface area contributed by atoms with Crippen LogP contribution in [-0.4, -0.2) is 26.1 Å². The maximum atomic E-state index is 13.4. The third-order valence-corrected chi connectivity index (χ3v) is 5.57. The van der Waals surface area contributed by atoms with Gasteiger partial charge in [-0.3, -0.25) is 4.79 Å². The van der Waals surface area contributed by atoms with Gasteiger partial charge in [0.05, 0.1) is 23.4 Å². The first-order chi connectivity index (χ1) is 16.8. The van der Waals surface area contributed by atoms with Crippen molar-refractivity contribution in [2.45, 2.75) is 6.61 Å². The van der Waals surface area contributed by atoms with E-state index in [-0.39, 0.29) is 18.0 Å². The molecule has 0 aliphatic heterocycles. The van der Waals surface area contributed by atoms with Gasteiger partial charge in [0.15, 0.2) is 11.5 Å². The second-order valence-electron chi connectivity index (χ2n) is 7.15. The molecule has 0 aromatic heterocycles. The van der Waals surface area contributed by atoms with Crippen molar-refractivity contribution in [2.75, 3.05) is 19.5 Å². The van der Waals surface area contributed by atoms with E-state index < -0.39 is 11.9 Å². The van der Waals surface area contributed by atoms with Gasteiger partial charge >= 0.3 is 5.97 Å². The fourth-order valence-electron chi connectivity index (χ4n) is 3.07. The molecule has 0 fully saturated rings. The molecule has 35 heavy (non-hydrogen) atoms. The summed E-state index contributed by atoms with van der Waals surface area (Å²) >= 11 is 2.06. The average molecular weight is 586 g/mol. The largest absolute Gasteiger partial charge is 0.493 e. The topological polar surface area (TPSA) is 97.7 Å². The summed E-state index contributed by atoms with van der Waals surface area (Å²) in [7, 11) is 2.76. The second kappa shape index (κ2) is 12.0. The molecule has 0 aliphatic carbocycles. The SMILES string of the molecule is COC(=O)c1ccc(NC(=O)/C(C#N)=C/c2cc(I)c(OCc3cccc(F)c3)c(OC)c2)cc1. The third kappa shape index (κ3) is 6.80. The lowest BCUT2D eigenvalue weighted by Crippen LogP contribution is -2.13. The number of nitrogens with zero attached hydrogens (tertiary/aromatic N) is 1. The number of rotatable bonds is 8. The van der Waals surface area contributed by atoms with Crippen LogP contribution in [0.5, 0.6) is 11.5 Å². The number of halogens is 2. The van der Waals surface area contributed by atoms with Gasteiger partial charge < -0.3 is 19.5 Å². The summed E-state index contributed by atoms with van der Waals surface area (Å²) < 4.78 is 30.0. The number of ether oxygens (including phenoxy) is 3. The highest BCUT2D eigenvalue weighted by molar-refractivity contribution is 14.1. The van der Waals surface area contributed by atoms with Gasteiger partial charge in [-0.2, -0.15) is 5.26 Å². The maximum Gasteiger partial charge on any atom is 0.337 e. The normalized spacial score (nSPS) is 10.8. The molecule has 3 rings (SSSR count). The average Bonchev–Trinajstić information content (AvgIpc) is 2.86. The van der Waals surface area contributed by atoms with E-state index in [0.29, 0.717) is 37.4 Å². The van der Waals surface area contributed by atoms with E-state index >= 15 is 0 Å². The Morgan fingerprint density at radius 3 is 2.49 bits per heavy atom. The molecule has 0 spiro atoms. The highest BCUT2D eigenvalue weighted by atomic mass is 127. The zero-order valence-corrected chi connectivity index (χ0v) is 21.0. The van der Waals surface area contributed by atoms with Crippen LogP contribution in [0.1, 0.15) is 21.5 Å². The molecule has 0 bridgehead atoms. The van der Waals surface area contributed by atoms with E-state index in [9.17, 15) is 19.2 Å². The molecule has 0 saturated heterocycles. The van der Waals surface area contributed by atoms with Crippen LogP contribution in [0.3, 0.4) is 0 Å². The maximum absolute atomic E-state index is 13.4. The van der Waals surface area contributed by atoms with Crippen molar-refractivity contribution in [3.8, 4) is 17.6 Å². The fourth-order valence-corrected chi connectivity index (χ4v) is 3.85. The molecule has 1 N–H and O–H groups in total. The molecule has 3 aromatic carbocycles. The summed E-state index contributed by atoms with van der Waals surface area (Å²) in [5, 5.41) is 12.2. The molecule has 0 saturated carbocycles. The molecule has 7 nitrogen and oxygen atoms in total. The molecule has 0 atom stereocenters. The van der Waals surface area contributed by atoms with Crippen LogP contribution in [0, 0.1) is 20.7 Å². The van der Waals surface area contributed by atoms with Gasteiger partial charge in [0.1, 0.15) is 24.1 Å². The zero-order valence-electron chi connectivity index (χ0n) is 18.8. The molecule has 0 unspecified atom stereocenters. The molecule has 0 aliphatic rings. The van der Waals surface area contributed by atoms with Crippen LogP contribution in [-0.2, 0) is 16.1 Å². The Morgan fingerprint density at radius 2 is 1.86 bits per heavy atom. The van der Waals surface area contributed by atoms with Crippen molar-refractivity contribution >= 4 is 46.2 Å². The lowest BCUT2D eigenvalue weighted by Gasteiger charge is -2.14. The van der Waals surface area contributed by atoms with E-state index in [1.807, 2.05) is 6.07 Å². The van der Waals surface area contributed by atoms with Crippen molar-refractivity contribution in [1.82, 2.24) is 0 Å². The summed E-state index contributed by atoms with van der Waals surface area (Å²) in [5.74, 6) is -0.597. The van der Waals surface area contributed by atoms with Gasteiger partial charge in [-0.05, 0) is 88.3 Å². The first-order valence-corrected chi connectivity index (χ1v) is 11.3. The number of benzene rings is 3. The minimum Gasteiger partial charge on any atom is -0.493 e. The van der Waals surface area contributed by atoms with E-state index in [0.717, 1.165) is 0 Å². The van der Waals surface area contributed by atoms with Crippen LogP contribution in [0.2, 0.25) is 0 Å². The second-order valence-corrected chi connectivity index (χ2v) is 8.31. The summed E-state index contributed by atoms with van der Waals surface area (Å²) in [6, 6.07) is 17.5. The Bertz CT molecular complexity index is 1320. The number of hydrogen-bond acceptors (Lipinski definition) is 6. The standard InChI is InChI=1S/C26H20FIN2O5/c1-33-23-13-17(12-22(28)24(23)35-15-16-4-3-5-20(27)11-16)10-19(14-29)25(31)30-21-8-6-18(7-9-21)26(32)34-2/h3-13H,15H2,1-2H3,(H,30,31)/b19-10+. The molecular formula is C26H20FIN2O5. The summed E-state index contributed by atoms with van der Waals surface area (Å²) in [4.78, 5) is 24.2. The lowest BCUT2D eigenvalue weighted by molar-refractivity contribution is -0.112. The Balaban J connectivity index is 1.78. The molecule has 0 heterocycles. The van der Waals surface area contributed by atoms with Crippen molar-refractivity contribution < 1.29 is 28.2 Å². The minimum absolute atomic E-state index is 0.131. The van der Waals surface area contributed by atoms with Crippen molar-refractivity contribution in [2.24, 2.45) is 0 Å². The van der Waals surface area contributed by atoms with Crippen molar-refractivity contribution in [3.05, 3.63) is 92.3 Å². The number of nitrogens with one attached hydrogen (secondary N) is 1. The van der Waals surface area contributed by atoms with E-state index in [1.165, 1.54) is 56.7 Å². The number of carbonyl (C=O) groups is 2. The van der Waals surface area contributed by atoms with Gasteiger partial charge in [0.2, 0.25) is 0 Å². The smallest absolute Gasteiger partial charge is 0.337 e. The summed E-state index contributed by atoms with van der Waals surface area (Å²) in [6.07, 6.45) is 1.43. The van der Waals surface area contributed by atoms with Crippen molar-refractivity contribution in [3.63, 3.8) is 0 Å². The quantitative estimate of drug-likeness (QED) is 0.166. The minimum atomic E-state index is -0.612. The number of carbonyl (C=O) groups excluding carboxylic acids is 2. The Morgan fingerprint density at radius 1 is 1.11 bits per heavy atom. The van der Waals surface area contributed by atoms with Gasteiger partial charge in [-0.25, -0.2) is 9.18 Å². The molecule has 3 aromatic rings. The highest BCUT2D eigenvalue weighted by Gasteiger charge is 2.15. The first kappa shape index (κ1) is 25.7. The number of esters is 1. The van der Waals surface area contributed by atoms with Crippen molar-refractivity contribution in [1.29, 1.82) is 5.26 Å². The fraction of sp³-hybridized carbons (Fsp3) is 0.115. The van der Waals surface area contributed by atoms with Gasteiger partial charge in [0.25, 0.3) is 5.91 Å². The number of nitriles is 1. The van der Waals surface area contributed by atoms with Crippen LogP contribution < -0.4 is 14.8 Å². The molecule has 0 radical (unpaired) electrons. The number of anilines is 1. The van der Waals surface area contributed by atoms with Gasteiger partial charge in [-0.1, -0.05) is 12.1 Å². The van der Waals surface area contributed by atoms with Crippen LogP contribution >= 0.6 is 22.6 Å². The Hall–Kier alpha value is -3.91. The molecule has 1 amide bonds. The Kier molecular flexibility index (Phi) is 8.80. The predicted octanol–water partition coefficient (Wildman–Crippen LogP) is 5.35. The summed E-state index contributed by atoms with van der Waals surface area (Å²) in [6.45, 7) is 0.139. The molecule has 178 valence electrons. The van der Waals surface area contributed by atoms with E-state index in [4.69, 9.17) is 9.47 Å². The lowest BCUT2D eigenvalue weighted by atomic mass is 10.1.